The Morgan fingerprint density at radius 3 is 2.83 bits per heavy atom. The fraction of sp³-hybridized carbons (Fsp3) is 1.00. The Kier molecular flexibility index (Phi) is 4.62. The highest BCUT2D eigenvalue weighted by Crippen LogP contribution is 2.19. The predicted octanol–water partition coefficient (Wildman–Crippen LogP) is 1.80. The molecule has 0 unspecified atom stereocenters. The molecule has 2 heteroatoms. The molecule has 1 heterocycles. The van der Waals surface area contributed by atoms with Crippen molar-refractivity contribution in [1.82, 2.24) is 5.32 Å². The molecule has 0 spiro atoms. The molecule has 1 aliphatic rings. The van der Waals surface area contributed by atoms with Crippen molar-refractivity contribution in [1.29, 1.82) is 0 Å². The molecule has 1 aliphatic heterocycles. The molecule has 2 atom stereocenters. The van der Waals surface area contributed by atoms with Crippen LogP contribution in [0.1, 0.15) is 33.1 Å². The van der Waals surface area contributed by atoms with Crippen LogP contribution >= 0.6 is 0 Å². The van der Waals surface area contributed by atoms with Crippen molar-refractivity contribution < 1.29 is 4.74 Å². The van der Waals surface area contributed by atoms with Gasteiger partial charge in [0.05, 0.1) is 6.10 Å². The Hall–Kier alpha value is -0.0800. The smallest absolute Gasteiger partial charge is 0.0612 e. The number of nitrogens with one attached hydrogen (secondary N) is 1. The number of ether oxygens (including phenoxy) is 1. The van der Waals surface area contributed by atoms with E-state index in [0.29, 0.717) is 6.10 Å². The maximum Gasteiger partial charge on any atom is 0.0612 e. The average Bonchev–Trinajstić information content (AvgIpc) is 2.15. The number of rotatable bonds is 4. The van der Waals surface area contributed by atoms with Gasteiger partial charge < -0.3 is 10.1 Å². The van der Waals surface area contributed by atoms with Gasteiger partial charge in [-0.25, -0.2) is 0 Å². The molecular weight excluding hydrogens is 150 g/mol. The molecule has 1 saturated heterocycles. The van der Waals surface area contributed by atoms with E-state index in [9.17, 15) is 0 Å². The quantitative estimate of drug-likeness (QED) is 0.696. The highest BCUT2D eigenvalue weighted by atomic mass is 16.5. The van der Waals surface area contributed by atoms with Crippen molar-refractivity contribution in [3.05, 3.63) is 0 Å². The molecule has 0 aromatic carbocycles. The van der Waals surface area contributed by atoms with E-state index >= 15 is 0 Å². The summed E-state index contributed by atoms with van der Waals surface area (Å²) in [6, 6.07) is 0. The normalized spacial score (nSPS) is 27.0. The first kappa shape index (κ1) is 10.0. The zero-order chi connectivity index (χ0) is 8.81. The Morgan fingerprint density at radius 1 is 1.50 bits per heavy atom. The highest BCUT2D eigenvalue weighted by molar-refractivity contribution is 4.75. The van der Waals surface area contributed by atoms with E-state index in [0.717, 1.165) is 25.5 Å². The monoisotopic (exact) mass is 171 g/mol. The molecule has 0 radical (unpaired) electrons. The van der Waals surface area contributed by atoms with Gasteiger partial charge in [-0.1, -0.05) is 6.92 Å². The Morgan fingerprint density at radius 2 is 2.33 bits per heavy atom. The number of hydrogen-bond donors (Lipinski definition) is 1. The zero-order valence-electron chi connectivity index (χ0n) is 8.31. The van der Waals surface area contributed by atoms with Gasteiger partial charge in [-0.15, -0.1) is 0 Å². The van der Waals surface area contributed by atoms with E-state index in [1.807, 2.05) is 0 Å². The van der Waals surface area contributed by atoms with Crippen LogP contribution in [0.25, 0.3) is 0 Å². The fourth-order valence-corrected chi connectivity index (χ4v) is 2.00. The van der Waals surface area contributed by atoms with Gasteiger partial charge in [0.2, 0.25) is 0 Å². The first-order chi connectivity index (χ1) is 5.88. The van der Waals surface area contributed by atoms with Crippen LogP contribution < -0.4 is 5.32 Å². The van der Waals surface area contributed by atoms with Gasteiger partial charge in [-0.2, -0.15) is 0 Å². The maximum absolute atomic E-state index is 5.69. The van der Waals surface area contributed by atoms with Crippen LogP contribution in [0.5, 0.6) is 0 Å². The second kappa shape index (κ2) is 5.55. The summed E-state index contributed by atoms with van der Waals surface area (Å²) in [5.41, 5.74) is 0. The van der Waals surface area contributed by atoms with Crippen LogP contribution in [-0.4, -0.2) is 25.8 Å². The van der Waals surface area contributed by atoms with Crippen LogP contribution in [-0.2, 0) is 4.74 Å². The molecule has 0 aromatic rings. The minimum atomic E-state index is 0.489. The van der Waals surface area contributed by atoms with E-state index in [1.165, 1.54) is 19.4 Å². The Bertz CT molecular complexity index is 108. The molecule has 1 N–H and O–H groups in total. The highest BCUT2D eigenvalue weighted by Gasteiger charge is 2.21. The lowest BCUT2D eigenvalue weighted by Crippen LogP contribution is -2.37. The van der Waals surface area contributed by atoms with Crippen molar-refractivity contribution in [2.24, 2.45) is 5.92 Å². The van der Waals surface area contributed by atoms with Gasteiger partial charge in [0.1, 0.15) is 0 Å². The first-order valence-electron chi connectivity index (χ1n) is 5.20. The van der Waals surface area contributed by atoms with E-state index in [1.54, 1.807) is 0 Å². The van der Waals surface area contributed by atoms with Gasteiger partial charge in [0.25, 0.3) is 0 Å². The summed E-state index contributed by atoms with van der Waals surface area (Å²) >= 11 is 0. The molecule has 1 fully saturated rings. The third-order valence-electron chi connectivity index (χ3n) is 2.64. The molecule has 0 saturated carbocycles. The molecule has 0 bridgehead atoms. The first-order valence-corrected chi connectivity index (χ1v) is 5.20. The molecule has 0 aromatic heterocycles. The van der Waals surface area contributed by atoms with Crippen molar-refractivity contribution in [3.8, 4) is 0 Å². The second-order valence-electron chi connectivity index (χ2n) is 3.51. The fourth-order valence-electron chi connectivity index (χ4n) is 2.00. The summed E-state index contributed by atoms with van der Waals surface area (Å²) in [4.78, 5) is 0. The largest absolute Gasteiger partial charge is 0.378 e. The molecule has 0 aliphatic carbocycles. The standard InChI is InChI=1S/C10H21NO/c1-3-10(12-4-2)9-6-5-7-11-8-9/h9-11H,3-8H2,1-2H3/t9-,10+/m0/s1. The van der Waals surface area contributed by atoms with Gasteiger partial charge in [-0.3, -0.25) is 0 Å². The van der Waals surface area contributed by atoms with Gasteiger partial charge in [-0.05, 0) is 38.6 Å². The minimum Gasteiger partial charge on any atom is -0.378 e. The lowest BCUT2D eigenvalue weighted by molar-refractivity contribution is 0.00964. The van der Waals surface area contributed by atoms with Crippen LogP contribution in [0.3, 0.4) is 0 Å². The number of hydrogen-bond acceptors (Lipinski definition) is 2. The predicted molar refractivity (Wildman–Crippen MR) is 51.3 cm³/mol. The lowest BCUT2D eigenvalue weighted by Gasteiger charge is -2.29. The van der Waals surface area contributed by atoms with Gasteiger partial charge >= 0.3 is 0 Å². The minimum absolute atomic E-state index is 0.489. The molecule has 1 rings (SSSR count). The SMILES string of the molecule is CCO[C@H](CC)[C@H]1CCCNC1. The Labute approximate surface area is 75.7 Å². The second-order valence-corrected chi connectivity index (χ2v) is 3.51. The molecule has 72 valence electrons. The van der Waals surface area contributed by atoms with E-state index in [4.69, 9.17) is 4.74 Å². The average molecular weight is 171 g/mol. The summed E-state index contributed by atoms with van der Waals surface area (Å²) in [7, 11) is 0. The van der Waals surface area contributed by atoms with Crippen LogP contribution in [0.15, 0.2) is 0 Å². The van der Waals surface area contributed by atoms with Gasteiger partial charge in [0, 0.05) is 13.2 Å². The lowest BCUT2D eigenvalue weighted by atomic mass is 9.92. The van der Waals surface area contributed by atoms with Crippen LogP contribution in [0.2, 0.25) is 0 Å². The van der Waals surface area contributed by atoms with Crippen molar-refractivity contribution in [2.75, 3.05) is 19.7 Å². The molecule has 0 amide bonds. The van der Waals surface area contributed by atoms with Crippen LogP contribution in [0, 0.1) is 5.92 Å². The topological polar surface area (TPSA) is 21.3 Å². The summed E-state index contributed by atoms with van der Waals surface area (Å²) < 4.78 is 5.69. The molecular formula is C10H21NO. The number of piperidine rings is 1. The van der Waals surface area contributed by atoms with E-state index in [-0.39, 0.29) is 0 Å². The zero-order valence-corrected chi connectivity index (χ0v) is 8.31. The molecule has 2 nitrogen and oxygen atoms in total. The van der Waals surface area contributed by atoms with Crippen molar-refractivity contribution >= 4 is 0 Å². The van der Waals surface area contributed by atoms with Crippen molar-refractivity contribution in [3.63, 3.8) is 0 Å². The summed E-state index contributed by atoms with van der Waals surface area (Å²) in [5.74, 6) is 0.753. The summed E-state index contributed by atoms with van der Waals surface area (Å²) in [6.07, 6.45) is 4.29. The van der Waals surface area contributed by atoms with Crippen LogP contribution in [0.4, 0.5) is 0 Å². The van der Waals surface area contributed by atoms with Crippen molar-refractivity contribution in [2.45, 2.75) is 39.2 Å². The maximum atomic E-state index is 5.69. The van der Waals surface area contributed by atoms with Gasteiger partial charge in [0.15, 0.2) is 0 Å². The third kappa shape index (κ3) is 2.76. The van der Waals surface area contributed by atoms with E-state index in [2.05, 4.69) is 19.2 Å². The third-order valence-corrected chi connectivity index (χ3v) is 2.64. The summed E-state index contributed by atoms with van der Waals surface area (Å²) in [5, 5.41) is 3.43. The summed E-state index contributed by atoms with van der Waals surface area (Å²) in [6.45, 7) is 7.50. The Balaban J connectivity index is 2.29. The van der Waals surface area contributed by atoms with E-state index < -0.39 is 0 Å². The molecule has 12 heavy (non-hydrogen) atoms.